The lowest BCUT2D eigenvalue weighted by Crippen LogP contribution is -2.12. The Morgan fingerprint density at radius 2 is 1.91 bits per heavy atom. The topological polar surface area (TPSA) is 97.1 Å². The molecule has 4 rings (SSSR count). The van der Waals surface area contributed by atoms with Gasteiger partial charge in [0, 0.05) is 17.7 Å². The first-order valence-electron chi connectivity index (χ1n) is 10.6. The van der Waals surface area contributed by atoms with Crippen LogP contribution in [-0.2, 0) is 4.79 Å². The maximum Gasteiger partial charge on any atom is 0.226 e. The predicted molar refractivity (Wildman–Crippen MR) is 136 cm³/mol. The van der Waals surface area contributed by atoms with E-state index in [-0.39, 0.29) is 12.3 Å². The number of rotatable bonds is 9. The summed E-state index contributed by atoms with van der Waals surface area (Å²) < 4.78 is 11.7. The third-order valence-corrected chi connectivity index (χ3v) is 6.78. The van der Waals surface area contributed by atoms with Crippen LogP contribution in [0.1, 0.15) is 18.9 Å². The number of benzene rings is 2. The van der Waals surface area contributed by atoms with Crippen LogP contribution in [0, 0.1) is 11.3 Å². The second-order valence-electron chi connectivity index (χ2n) is 7.12. The number of methoxy groups -OCH3 is 1. The van der Waals surface area contributed by atoms with Gasteiger partial charge in [0.15, 0.2) is 5.13 Å². The van der Waals surface area contributed by atoms with Gasteiger partial charge in [-0.05, 0) is 61.5 Å². The first-order chi connectivity index (χ1) is 16.6. The van der Waals surface area contributed by atoms with Crippen molar-refractivity contribution in [2.45, 2.75) is 18.4 Å². The van der Waals surface area contributed by atoms with E-state index in [1.807, 2.05) is 55.5 Å². The Morgan fingerprint density at radius 1 is 1.12 bits per heavy atom. The number of thioether (sulfide) groups is 1. The van der Waals surface area contributed by atoms with E-state index in [0.29, 0.717) is 28.1 Å². The summed E-state index contributed by atoms with van der Waals surface area (Å²) in [4.78, 5) is 21.6. The van der Waals surface area contributed by atoms with Gasteiger partial charge in [-0.3, -0.25) is 4.79 Å². The molecule has 0 bridgehead atoms. The van der Waals surface area contributed by atoms with Crippen molar-refractivity contribution in [3.05, 3.63) is 60.2 Å². The zero-order chi connectivity index (χ0) is 23.9. The number of pyridine rings is 1. The molecule has 0 aliphatic heterocycles. The van der Waals surface area contributed by atoms with Gasteiger partial charge in [-0.1, -0.05) is 11.3 Å². The molecule has 1 N–H and O–H groups in total. The lowest BCUT2D eigenvalue weighted by Gasteiger charge is -2.07. The maximum atomic E-state index is 12.5. The summed E-state index contributed by atoms with van der Waals surface area (Å²) in [5, 5.41) is 13.5. The van der Waals surface area contributed by atoms with E-state index in [1.165, 1.54) is 23.1 Å². The molecule has 2 aromatic carbocycles. The number of fused-ring (bicyclic) bond motifs is 1. The monoisotopic (exact) mass is 490 g/mol. The minimum atomic E-state index is -0.138. The van der Waals surface area contributed by atoms with Gasteiger partial charge in [-0.15, -0.1) is 11.8 Å². The van der Waals surface area contributed by atoms with E-state index in [4.69, 9.17) is 9.47 Å². The smallest absolute Gasteiger partial charge is 0.226 e. The number of hydrogen-bond acceptors (Lipinski definition) is 8. The molecule has 9 heteroatoms. The van der Waals surface area contributed by atoms with Gasteiger partial charge in [0.2, 0.25) is 5.91 Å². The standard InChI is InChI=1S/C25H22N4O3S2/c1-3-32-19-9-11-21-22(14-19)34-25(28-21)29-23(30)12-13-33-24-17(15-26)6-10-20(27-24)16-4-7-18(31-2)8-5-16/h4-11,14H,3,12-13H2,1-2H3,(H,28,29,30). The molecule has 0 fully saturated rings. The fourth-order valence-corrected chi connectivity index (χ4v) is 5.02. The van der Waals surface area contributed by atoms with Gasteiger partial charge >= 0.3 is 0 Å². The number of carbonyl (C=O) groups excluding carboxylic acids is 1. The number of hydrogen-bond donors (Lipinski definition) is 1. The highest BCUT2D eigenvalue weighted by molar-refractivity contribution is 7.99. The van der Waals surface area contributed by atoms with Gasteiger partial charge in [-0.2, -0.15) is 5.26 Å². The average Bonchev–Trinajstić information content (AvgIpc) is 3.25. The predicted octanol–water partition coefficient (Wildman–Crippen LogP) is 5.76. The van der Waals surface area contributed by atoms with Crippen LogP contribution in [0.5, 0.6) is 11.5 Å². The Kier molecular flexibility index (Phi) is 7.62. The summed E-state index contributed by atoms with van der Waals surface area (Å²) in [6.07, 6.45) is 0.268. The Labute approximate surface area is 205 Å². The molecule has 172 valence electrons. The number of nitriles is 1. The third kappa shape index (κ3) is 5.65. The van der Waals surface area contributed by atoms with Crippen molar-refractivity contribution in [3.8, 4) is 28.8 Å². The molecule has 4 aromatic rings. The van der Waals surface area contributed by atoms with Crippen molar-refractivity contribution >= 4 is 44.4 Å². The summed E-state index contributed by atoms with van der Waals surface area (Å²) in [5.74, 6) is 1.90. The largest absolute Gasteiger partial charge is 0.497 e. The highest BCUT2D eigenvalue weighted by atomic mass is 32.2. The Bertz CT molecular complexity index is 1350. The highest BCUT2D eigenvalue weighted by Gasteiger charge is 2.12. The van der Waals surface area contributed by atoms with Crippen molar-refractivity contribution in [2.75, 3.05) is 24.8 Å². The SMILES string of the molecule is CCOc1ccc2nc(NC(=O)CCSc3nc(-c4ccc(OC)cc4)ccc3C#N)sc2c1. The van der Waals surface area contributed by atoms with Gasteiger partial charge < -0.3 is 14.8 Å². The second kappa shape index (κ2) is 11.0. The fraction of sp³-hybridized carbons (Fsp3) is 0.200. The number of aromatic nitrogens is 2. The van der Waals surface area contributed by atoms with Crippen molar-refractivity contribution in [1.29, 1.82) is 5.26 Å². The van der Waals surface area contributed by atoms with Crippen LogP contribution in [0.15, 0.2) is 59.6 Å². The number of carbonyl (C=O) groups is 1. The van der Waals surface area contributed by atoms with Gasteiger partial charge in [0.25, 0.3) is 0 Å². The molecule has 0 saturated heterocycles. The van der Waals surface area contributed by atoms with E-state index >= 15 is 0 Å². The Morgan fingerprint density at radius 3 is 2.65 bits per heavy atom. The van der Waals surface area contributed by atoms with Gasteiger partial charge in [0.1, 0.15) is 22.6 Å². The molecular formula is C25H22N4O3S2. The first kappa shape index (κ1) is 23.5. The van der Waals surface area contributed by atoms with E-state index in [9.17, 15) is 10.1 Å². The third-order valence-electron chi connectivity index (χ3n) is 4.85. The van der Waals surface area contributed by atoms with Crippen molar-refractivity contribution in [3.63, 3.8) is 0 Å². The zero-order valence-corrected chi connectivity index (χ0v) is 20.3. The Hall–Kier alpha value is -3.61. The number of thiazole rings is 1. The second-order valence-corrected chi connectivity index (χ2v) is 9.23. The normalized spacial score (nSPS) is 10.6. The molecule has 34 heavy (non-hydrogen) atoms. The summed E-state index contributed by atoms with van der Waals surface area (Å²) in [6.45, 7) is 2.53. The summed E-state index contributed by atoms with van der Waals surface area (Å²) in [7, 11) is 1.62. The fourth-order valence-electron chi connectivity index (χ4n) is 3.20. The van der Waals surface area contributed by atoms with Gasteiger partial charge in [0.05, 0.1) is 35.2 Å². The number of anilines is 1. The van der Waals surface area contributed by atoms with Crippen LogP contribution >= 0.6 is 23.1 Å². The first-order valence-corrected chi connectivity index (χ1v) is 12.4. The van der Waals surface area contributed by atoms with E-state index in [2.05, 4.69) is 21.4 Å². The molecule has 2 heterocycles. The van der Waals surface area contributed by atoms with E-state index in [1.54, 1.807) is 13.2 Å². The molecule has 0 spiro atoms. The molecule has 1 amide bonds. The summed E-state index contributed by atoms with van der Waals surface area (Å²) in [5.41, 5.74) is 2.98. The molecular weight excluding hydrogens is 468 g/mol. The molecule has 7 nitrogen and oxygen atoms in total. The maximum absolute atomic E-state index is 12.5. The number of nitrogens with one attached hydrogen (secondary N) is 1. The lowest BCUT2D eigenvalue weighted by molar-refractivity contribution is -0.115. The van der Waals surface area contributed by atoms with E-state index in [0.717, 1.165) is 33.0 Å². The van der Waals surface area contributed by atoms with Crippen LogP contribution in [0.4, 0.5) is 5.13 Å². The average molecular weight is 491 g/mol. The number of nitrogens with zero attached hydrogens (tertiary/aromatic N) is 3. The molecule has 0 radical (unpaired) electrons. The minimum absolute atomic E-state index is 0.138. The number of amides is 1. The quantitative estimate of drug-likeness (QED) is 0.298. The van der Waals surface area contributed by atoms with E-state index < -0.39 is 0 Å². The van der Waals surface area contributed by atoms with Crippen LogP contribution in [0.2, 0.25) is 0 Å². The summed E-state index contributed by atoms with van der Waals surface area (Å²) in [6, 6.07) is 19.0. The minimum Gasteiger partial charge on any atom is -0.497 e. The molecule has 2 aromatic heterocycles. The van der Waals surface area contributed by atoms with Crippen LogP contribution in [0.3, 0.4) is 0 Å². The van der Waals surface area contributed by atoms with Crippen LogP contribution < -0.4 is 14.8 Å². The Balaban J connectivity index is 1.38. The van der Waals surface area contributed by atoms with Crippen LogP contribution in [0.25, 0.3) is 21.5 Å². The van der Waals surface area contributed by atoms with Crippen molar-refractivity contribution in [2.24, 2.45) is 0 Å². The zero-order valence-electron chi connectivity index (χ0n) is 18.7. The number of ether oxygens (including phenoxy) is 2. The molecule has 0 aliphatic carbocycles. The lowest BCUT2D eigenvalue weighted by atomic mass is 10.1. The van der Waals surface area contributed by atoms with Gasteiger partial charge in [-0.25, -0.2) is 9.97 Å². The molecule has 0 unspecified atom stereocenters. The van der Waals surface area contributed by atoms with Crippen molar-refractivity contribution < 1.29 is 14.3 Å². The molecule has 0 saturated carbocycles. The summed E-state index contributed by atoms with van der Waals surface area (Å²) >= 11 is 2.80. The van der Waals surface area contributed by atoms with Crippen LogP contribution in [-0.4, -0.2) is 35.3 Å². The van der Waals surface area contributed by atoms with Crippen molar-refractivity contribution in [1.82, 2.24) is 9.97 Å². The highest BCUT2D eigenvalue weighted by Crippen LogP contribution is 2.30. The molecule has 0 aliphatic rings. The molecule has 0 atom stereocenters.